The first-order chi connectivity index (χ1) is 18.1. The van der Waals surface area contributed by atoms with Crippen LogP contribution in [0.3, 0.4) is 0 Å². The molecule has 0 unspecified atom stereocenters. The topological polar surface area (TPSA) is 61.8 Å². The molecule has 0 saturated heterocycles. The number of urea groups is 1. The van der Waals surface area contributed by atoms with Crippen LogP contribution in [-0.4, -0.2) is 42.8 Å². The maximum Gasteiger partial charge on any atom is 1.00 e. The number of benzene rings is 3. The fourth-order valence-electron chi connectivity index (χ4n) is 3.81. The van der Waals surface area contributed by atoms with Gasteiger partial charge in [-0.25, -0.2) is 4.79 Å². The second-order valence-corrected chi connectivity index (χ2v) is 8.58. The molecule has 2 N–H and O–H groups in total. The zero-order chi connectivity index (χ0) is 26.3. The third-order valence-corrected chi connectivity index (χ3v) is 5.92. The van der Waals surface area contributed by atoms with Crippen molar-refractivity contribution in [3.8, 4) is 17.6 Å². The van der Waals surface area contributed by atoms with E-state index in [9.17, 15) is 9.90 Å². The van der Waals surface area contributed by atoms with Crippen LogP contribution in [0.2, 0.25) is 0 Å². The standard InChI is InChI=1S/C32H35N2O3.Li/c1-3-4-8-23-34(32(36)33-30-17-19-31(37-2)20-18-30)24-21-29(22-25-35)28-15-13-27(14-16-28)12-11-26-9-6-5-7-10-26;/h5-7,9-10,13-22,29,35H,1,3-4,8,23-25H2,2H3,(H,33,36);/q-3;+1/t29-;/m1./s1. The van der Waals surface area contributed by atoms with Gasteiger partial charge in [0, 0.05) is 23.4 Å². The Morgan fingerprint density at radius 2 is 1.63 bits per heavy atom. The molecule has 0 saturated carbocycles. The van der Waals surface area contributed by atoms with Gasteiger partial charge in [-0.15, -0.1) is 12.1 Å². The van der Waals surface area contributed by atoms with Gasteiger partial charge in [0.25, 0.3) is 0 Å². The van der Waals surface area contributed by atoms with Crippen LogP contribution in [0.15, 0.2) is 78.9 Å². The quantitative estimate of drug-likeness (QED) is 0.173. The maximum absolute atomic E-state index is 13.1. The summed E-state index contributed by atoms with van der Waals surface area (Å²) in [4.78, 5) is 14.9. The van der Waals surface area contributed by atoms with E-state index in [0.717, 1.165) is 41.7 Å². The van der Waals surface area contributed by atoms with E-state index in [0.29, 0.717) is 18.8 Å². The summed E-state index contributed by atoms with van der Waals surface area (Å²) in [6, 6.07) is 25.0. The fourth-order valence-corrected chi connectivity index (χ4v) is 3.81. The van der Waals surface area contributed by atoms with E-state index in [-0.39, 0.29) is 37.4 Å². The predicted molar refractivity (Wildman–Crippen MR) is 150 cm³/mol. The molecular weight excluding hydrogens is 467 g/mol. The van der Waals surface area contributed by atoms with Crippen molar-refractivity contribution in [2.24, 2.45) is 0 Å². The third kappa shape index (κ3) is 10.3. The van der Waals surface area contributed by atoms with Crippen molar-refractivity contribution in [1.29, 1.82) is 0 Å². The van der Waals surface area contributed by atoms with Crippen molar-refractivity contribution in [1.82, 2.24) is 4.90 Å². The molecule has 3 aromatic rings. The van der Waals surface area contributed by atoms with E-state index in [1.165, 1.54) is 0 Å². The summed E-state index contributed by atoms with van der Waals surface area (Å²) in [7, 11) is 1.61. The number of hydrogen-bond acceptors (Lipinski definition) is 3. The number of nitrogens with one attached hydrogen (secondary N) is 1. The number of aliphatic hydroxyl groups is 1. The Bertz CT molecular complexity index is 1140. The van der Waals surface area contributed by atoms with Crippen molar-refractivity contribution >= 4 is 11.7 Å². The van der Waals surface area contributed by atoms with Gasteiger partial charge in [-0.2, -0.15) is 6.42 Å². The number of ether oxygens (including phenoxy) is 1. The number of unbranched alkanes of at least 4 members (excludes halogenated alkanes) is 2. The van der Waals surface area contributed by atoms with Gasteiger partial charge in [0.15, 0.2) is 0 Å². The van der Waals surface area contributed by atoms with Gasteiger partial charge in [0.05, 0.1) is 7.11 Å². The van der Waals surface area contributed by atoms with Crippen LogP contribution >= 0.6 is 0 Å². The van der Waals surface area contributed by atoms with Crippen LogP contribution in [0, 0.1) is 31.6 Å². The molecule has 3 aromatic carbocycles. The molecule has 2 amide bonds. The normalized spacial score (nSPS) is 10.9. The summed E-state index contributed by atoms with van der Waals surface area (Å²) in [6.07, 6.45) is 6.54. The van der Waals surface area contributed by atoms with Gasteiger partial charge in [-0.05, 0) is 55.0 Å². The molecular formula is C32H35LiN2O3-2. The van der Waals surface area contributed by atoms with Crippen molar-refractivity contribution in [3.63, 3.8) is 0 Å². The molecule has 5 nitrogen and oxygen atoms in total. The Labute approximate surface area is 239 Å². The van der Waals surface area contributed by atoms with E-state index in [1.807, 2.05) is 85.3 Å². The molecule has 6 heteroatoms. The predicted octanol–water partition coefficient (Wildman–Crippen LogP) is 3.12. The molecule has 1 atom stereocenters. The molecule has 194 valence electrons. The Hall–Kier alpha value is -3.15. The van der Waals surface area contributed by atoms with Gasteiger partial charge >= 0.3 is 24.9 Å². The number of rotatable bonds is 12. The average Bonchev–Trinajstić information content (AvgIpc) is 2.94. The molecule has 0 aliphatic heterocycles. The number of carbonyl (C=O) groups excluding carboxylic acids is 1. The first kappa shape index (κ1) is 31.1. The number of methoxy groups -OCH3 is 1. The number of nitrogens with zero attached hydrogens (tertiary/aromatic N) is 1. The van der Waals surface area contributed by atoms with Crippen molar-refractivity contribution < 1.29 is 33.5 Å². The first-order valence-corrected chi connectivity index (χ1v) is 12.6. The summed E-state index contributed by atoms with van der Waals surface area (Å²) in [5.41, 5.74) is 3.63. The van der Waals surface area contributed by atoms with Gasteiger partial charge in [0.2, 0.25) is 0 Å². The number of amides is 2. The van der Waals surface area contributed by atoms with Crippen LogP contribution in [0.25, 0.3) is 0 Å². The summed E-state index contributed by atoms with van der Waals surface area (Å²) in [6.45, 7) is 4.91. The zero-order valence-electron chi connectivity index (χ0n) is 22.4. The van der Waals surface area contributed by atoms with Crippen LogP contribution in [0.5, 0.6) is 5.75 Å². The molecule has 38 heavy (non-hydrogen) atoms. The Kier molecular flexibility index (Phi) is 14.2. The smallest absolute Gasteiger partial charge is 0.497 e. The first-order valence-electron chi connectivity index (χ1n) is 12.6. The van der Waals surface area contributed by atoms with Crippen LogP contribution in [0.4, 0.5) is 10.5 Å². The number of carbonyl (C=O) groups is 1. The van der Waals surface area contributed by atoms with E-state index in [2.05, 4.69) is 30.5 Å². The van der Waals surface area contributed by atoms with E-state index >= 15 is 0 Å². The van der Waals surface area contributed by atoms with Gasteiger partial charge < -0.3 is 39.8 Å². The largest absolute Gasteiger partial charge is 1.00 e. The van der Waals surface area contributed by atoms with Gasteiger partial charge in [-0.3, -0.25) is 5.92 Å². The Balaban J connectivity index is 0.00000507. The van der Waals surface area contributed by atoms with Crippen molar-refractivity contribution in [2.75, 3.05) is 32.1 Å². The molecule has 0 aromatic heterocycles. The molecule has 0 heterocycles. The summed E-state index contributed by atoms with van der Waals surface area (Å²) < 4.78 is 5.19. The van der Waals surface area contributed by atoms with Crippen LogP contribution in [-0.2, 0) is 0 Å². The van der Waals surface area contributed by atoms with E-state index < -0.39 is 0 Å². The Morgan fingerprint density at radius 1 is 0.974 bits per heavy atom. The number of hydrogen-bond donors (Lipinski definition) is 2. The van der Waals surface area contributed by atoms with Crippen molar-refractivity contribution in [3.05, 3.63) is 115 Å². The number of aliphatic hydroxyl groups excluding tert-OH is 1. The second-order valence-electron chi connectivity index (χ2n) is 8.58. The molecule has 0 aliphatic rings. The third-order valence-electron chi connectivity index (χ3n) is 5.92. The van der Waals surface area contributed by atoms with Gasteiger partial charge in [-0.1, -0.05) is 55.2 Å². The average molecular weight is 503 g/mol. The molecule has 0 spiro atoms. The van der Waals surface area contributed by atoms with E-state index in [4.69, 9.17) is 4.74 Å². The minimum absolute atomic E-state index is 0. The summed E-state index contributed by atoms with van der Waals surface area (Å²) in [5.74, 6) is 6.99. The second kappa shape index (κ2) is 17.4. The summed E-state index contributed by atoms with van der Waals surface area (Å²) >= 11 is 0. The summed E-state index contributed by atoms with van der Waals surface area (Å²) in [5, 5.41) is 12.6. The van der Waals surface area contributed by atoms with Crippen molar-refractivity contribution in [2.45, 2.75) is 25.2 Å². The SMILES string of the molecule is [CH2-]CCCCN(C[CH-][C@H]([CH-]CO)c1ccc(C#Cc2ccccc2)cc1)C(=O)Nc1ccc(OC)cc1.[Li+]. The van der Waals surface area contributed by atoms with Gasteiger partial charge in [0.1, 0.15) is 5.75 Å². The van der Waals surface area contributed by atoms with E-state index in [1.54, 1.807) is 12.0 Å². The minimum Gasteiger partial charge on any atom is -0.497 e. The number of anilines is 1. The van der Waals surface area contributed by atoms with Crippen LogP contribution < -0.4 is 28.9 Å². The fraction of sp³-hybridized carbons (Fsp3) is 0.250. The molecule has 3 rings (SSSR count). The molecule has 0 aliphatic carbocycles. The maximum atomic E-state index is 13.1. The zero-order valence-corrected chi connectivity index (χ0v) is 22.4. The minimum atomic E-state index is -0.167. The van der Waals surface area contributed by atoms with Crippen LogP contribution in [0.1, 0.15) is 41.9 Å². The molecule has 0 fully saturated rings. The molecule has 0 bridgehead atoms. The Morgan fingerprint density at radius 3 is 2.24 bits per heavy atom. The molecule has 0 radical (unpaired) electrons. The monoisotopic (exact) mass is 502 g/mol.